The molecule has 0 saturated carbocycles. The number of amides is 1. The average Bonchev–Trinajstić information content (AvgIpc) is 3.66. The van der Waals surface area contributed by atoms with Gasteiger partial charge in [-0.3, -0.25) is 9.13 Å². The molecule has 0 radical (unpaired) electrons. The fourth-order valence-corrected chi connectivity index (χ4v) is 6.10. The van der Waals surface area contributed by atoms with Crippen LogP contribution in [0.15, 0.2) is 29.3 Å². The van der Waals surface area contributed by atoms with Gasteiger partial charge in [-0.1, -0.05) is 6.07 Å². The van der Waals surface area contributed by atoms with Gasteiger partial charge in [0.15, 0.2) is 5.65 Å². The molecule has 12 heteroatoms. The molecule has 192 valence electrons. The molecule has 3 fully saturated rings. The van der Waals surface area contributed by atoms with E-state index in [1.165, 1.54) is 4.90 Å². The van der Waals surface area contributed by atoms with Crippen LogP contribution in [0.25, 0.3) is 33.5 Å². The first-order valence-corrected chi connectivity index (χ1v) is 12.7. The van der Waals surface area contributed by atoms with Gasteiger partial charge in [-0.25, -0.2) is 19.6 Å². The summed E-state index contributed by atoms with van der Waals surface area (Å²) in [5.41, 5.74) is 4.33. The van der Waals surface area contributed by atoms with Crippen LogP contribution in [0.4, 0.5) is 10.7 Å². The Bertz CT molecular complexity index is 1570. The Morgan fingerprint density at radius 3 is 2.68 bits per heavy atom. The van der Waals surface area contributed by atoms with E-state index in [-0.39, 0.29) is 23.8 Å². The molecule has 6 heterocycles. The average molecular weight is 505 g/mol. The van der Waals surface area contributed by atoms with Gasteiger partial charge in [0.1, 0.15) is 17.4 Å². The van der Waals surface area contributed by atoms with Crippen molar-refractivity contribution in [1.29, 1.82) is 0 Å². The van der Waals surface area contributed by atoms with Crippen LogP contribution in [0.1, 0.15) is 25.5 Å². The van der Waals surface area contributed by atoms with Crippen LogP contribution in [0.2, 0.25) is 0 Å². The molecule has 3 aromatic heterocycles. The van der Waals surface area contributed by atoms with E-state index in [4.69, 9.17) is 19.7 Å². The van der Waals surface area contributed by atoms with Crippen LogP contribution >= 0.6 is 0 Å². The molecule has 7 rings (SSSR count). The fourth-order valence-electron chi connectivity index (χ4n) is 6.10. The Kier molecular flexibility index (Phi) is 5.00. The molecular weight excluding hydrogens is 476 g/mol. The van der Waals surface area contributed by atoms with Crippen LogP contribution in [-0.2, 0) is 11.8 Å². The second-order valence-electron chi connectivity index (χ2n) is 10.4. The number of aromatic amines is 1. The first kappa shape index (κ1) is 22.3. The monoisotopic (exact) mass is 504 g/mol. The minimum absolute atomic E-state index is 0.121. The smallest absolute Gasteiger partial charge is 0.407 e. The van der Waals surface area contributed by atoms with Gasteiger partial charge in [0.2, 0.25) is 5.95 Å². The largest absolute Gasteiger partial charge is 0.465 e. The van der Waals surface area contributed by atoms with Crippen molar-refractivity contribution in [3.8, 4) is 11.3 Å². The highest BCUT2D eigenvalue weighted by molar-refractivity contribution is 5.91. The van der Waals surface area contributed by atoms with Gasteiger partial charge in [0.05, 0.1) is 17.4 Å². The molecule has 3 aliphatic heterocycles. The van der Waals surface area contributed by atoms with E-state index in [0.717, 1.165) is 41.5 Å². The second kappa shape index (κ2) is 8.30. The molecule has 2 N–H and O–H groups in total. The van der Waals surface area contributed by atoms with Gasteiger partial charge in [-0.05, 0) is 31.4 Å². The predicted molar refractivity (Wildman–Crippen MR) is 135 cm³/mol. The number of carbonyl (C=O) groups is 1. The molecule has 12 nitrogen and oxygen atoms in total. The van der Waals surface area contributed by atoms with Crippen molar-refractivity contribution in [2.24, 2.45) is 18.9 Å². The lowest BCUT2D eigenvalue weighted by atomic mass is 10.0. The van der Waals surface area contributed by atoms with E-state index in [1.807, 2.05) is 22.8 Å². The Morgan fingerprint density at radius 1 is 1.14 bits per heavy atom. The van der Waals surface area contributed by atoms with E-state index in [9.17, 15) is 14.7 Å². The minimum atomic E-state index is -0.855. The lowest BCUT2D eigenvalue weighted by molar-refractivity contribution is -0.0298. The Labute approximate surface area is 211 Å². The number of likely N-dealkylation sites (tertiary alicyclic amines) is 1. The van der Waals surface area contributed by atoms with Gasteiger partial charge in [0, 0.05) is 57.2 Å². The lowest BCUT2D eigenvalue weighted by Gasteiger charge is -2.24. The van der Waals surface area contributed by atoms with E-state index in [1.54, 1.807) is 17.9 Å². The van der Waals surface area contributed by atoms with Crippen LogP contribution in [-0.4, -0.2) is 78.0 Å². The number of aromatic nitrogens is 6. The molecule has 3 atom stereocenters. The van der Waals surface area contributed by atoms with E-state index in [0.29, 0.717) is 49.9 Å². The third-order valence-corrected chi connectivity index (χ3v) is 8.09. The summed E-state index contributed by atoms with van der Waals surface area (Å²) in [6.07, 6.45) is 3.85. The van der Waals surface area contributed by atoms with Gasteiger partial charge < -0.3 is 24.6 Å². The maximum Gasteiger partial charge on any atom is 0.407 e. The number of rotatable bonds is 3. The van der Waals surface area contributed by atoms with Gasteiger partial charge in [0.25, 0.3) is 0 Å². The molecule has 4 aromatic rings. The number of anilines is 1. The summed E-state index contributed by atoms with van der Waals surface area (Å²) >= 11 is 0. The summed E-state index contributed by atoms with van der Waals surface area (Å²) in [7, 11) is 1.74. The third-order valence-electron chi connectivity index (χ3n) is 8.09. The Morgan fingerprint density at radius 2 is 1.95 bits per heavy atom. The normalized spacial score (nSPS) is 23.9. The van der Waals surface area contributed by atoms with Crippen molar-refractivity contribution in [1.82, 2.24) is 34.0 Å². The molecular formula is C25H28N8O4. The number of benzene rings is 1. The van der Waals surface area contributed by atoms with Crippen molar-refractivity contribution in [3.05, 3.63) is 35.0 Å². The fraction of sp³-hybridized carbons (Fsp3) is 0.480. The molecule has 3 saturated heterocycles. The molecule has 1 aromatic carbocycles. The minimum Gasteiger partial charge on any atom is -0.465 e. The number of imidazole rings is 2. The molecule has 0 spiro atoms. The molecule has 3 unspecified atom stereocenters. The topological polar surface area (TPSA) is 134 Å². The predicted octanol–water partition coefficient (Wildman–Crippen LogP) is 2.42. The van der Waals surface area contributed by atoms with Crippen LogP contribution in [0.3, 0.4) is 0 Å². The van der Waals surface area contributed by atoms with Gasteiger partial charge in [-0.15, -0.1) is 0 Å². The number of nitrogens with zero attached hydrogens (tertiary/aromatic N) is 7. The number of ether oxygens (including phenoxy) is 1. The summed E-state index contributed by atoms with van der Waals surface area (Å²) in [6, 6.07) is 5.81. The number of fused-ring (bicyclic) bond motifs is 3. The summed E-state index contributed by atoms with van der Waals surface area (Å²) in [4.78, 5) is 44.9. The molecule has 0 aliphatic carbocycles. The summed E-state index contributed by atoms with van der Waals surface area (Å²) in [6.45, 7) is 3.20. The Balaban J connectivity index is 1.33. The highest BCUT2D eigenvalue weighted by Crippen LogP contribution is 2.36. The number of carboxylic acid groups (broad SMARTS) is 1. The molecule has 0 bridgehead atoms. The zero-order valence-electron chi connectivity index (χ0n) is 20.5. The first-order valence-electron chi connectivity index (χ1n) is 12.7. The van der Waals surface area contributed by atoms with Crippen molar-refractivity contribution < 1.29 is 14.6 Å². The lowest BCUT2D eigenvalue weighted by Crippen LogP contribution is -2.32. The van der Waals surface area contributed by atoms with Crippen LogP contribution in [0.5, 0.6) is 0 Å². The molecule has 37 heavy (non-hydrogen) atoms. The highest BCUT2D eigenvalue weighted by atomic mass is 16.5. The maximum atomic E-state index is 12.2. The maximum absolute atomic E-state index is 12.2. The van der Waals surface area contributed by atoms with Gasteiger partial charge >= 0.3 is 11.8 Å². The highest BCUT2D eigenvalue weighted by Gasteiger charge is 2.42. The van der Waals surface area contributed by atoms with Crippen molar-refractivity contribution in [3.63, 3.8) is 0 Å². The summed E-state index contributed by atoms with van der Waals surface area (Å²) in [5, 5.41) is 9.40. The number of hydrogen-bond acceptors (Lipinski definition) is 7. The van der Waals surface area contributed by atoms with Crippen LogP contribution in [0, 0.1) is 11.8 Å². The molecule has 1 amide bonds. The van der Waals surface area contributed by atoms with Crippen molar-refractivity contribution in [2.75, 3.05) is 37.7 Å². The zero-order chi connectivity index (χ0) is 25.3. The zero-order valence-corrected chi connectivity index (χ0v) is 20.5. The number of nitrogens with one attached hydrogen (secondary N) is 1. The third kappa shape index (κ3) is 3.57. The summed E-state index contributed by atoms with van der Waals surface area (Å²) in [5.74, 6) is 1.13. The first-order chi connectivity index (χ1) is 18.0. The number of H-pyrrole nitrogens is 1. The summed E-state index contributed by atoms with van der Waals surface area (Å²) < 4.78 is 9.65. The number of aryl methyl sites for hydroxylation is 1. The molecule has 3 aliphatic rings. The SMILES string of the molecule is Cn1c(=O)[nH]c2cc(-c3nc(N4CC5CN(C(=O)O)CC5C4)nc4c3ncn4C3CCCCO3)ccc21. The Hall–Kier alpha value is -3.93. The van der Waals surface area contributed by atoms with Crippen molar-refractivity contribution >= 4 is 34.2 Å². The standard InChI is InChI=1S/C25H28N8O4/c1-30-18-6-5-14(8-17(18)27-24(30)34)20-21-22(33(13-26-21)19-4-2-3-7-37-19)29-23(28-20)31-9-15-11-32(25(35)36)12-16(15)10-31/h5-6,8,13,15-16,19H,2-4,7,9-12H2,1H3,(H,27,34)(H,35,36). The van der Waals surface area contributed by atoms with E-state index < -0.39 is 6.09 Å². The van der Waals surface area contributed by atoms with Crippen molar-refractivity contribution in [2.45, 2.75) is 25.5 Å². The van der Waals surface area contributed by atoms with E-state index in [2.05, 4.69) is 9.88 Å². The number of hydrogen-bond donors (Lipinski definition) is 2. The quantitative estimate of drug-likeness (QED) is 0.434. The second-order valence-corrected chi connectivity index (χ2v) is 10.4. The van der Waals surface area contributed by atoms with Crippen LogP contribution < -0.4 is 10.6 Å². The van der Waals surface area contributed by atoms with Gasteiger partial charge in [-0.2, -0.15) is 4.98 Å². The van der Waals surface area contributed by atoms with E-state index >= 15 is 0 Å².